The Labute approximate surface area is 195 Å². The minimum Gasteiger partial charge on any atom is -0.494 e. The van der Waals surface area contributed by atoms with Crippen molar-refractivity contribution < 1.29 is 32.3 Å². The topological polar surface area (TPSA) is 83.4 Å². The predicted molar refractivity (Wildman–Crippen MR) is 119 cm³/mol. The number of halogens is 4. The number of amides is 3. The van der Waals surface area contributed by atoms with Gasteiger partial charge in [-0.25, -0.2) is 9.18 Å². The molecule has 1 aromatic heterocycles. The van der Waals surface area contributed by atoms with Crippen molar-refractivity contribution in [2.24, 2.45) is 0 Å². The van der Waals surface area contributed by atoms with Gasteiger partial charge >= 0.3 is 12.2 Å². The zero-order chi connectivity index (χ0) is 25.0. The van der Waals surface area contributed by atoms with Crippen molar-refractivity contribution in [3.8, 4) is 17.0 Å². The molecule has 1 atom stereocenters. The summed E-state index contributed by atoms with van der Waals surface area (Å²) in [5.74, 6) is -1.56. The second-order valence-corrected chi connectivity index (χ2v) is 8.25. The molecule has 1 fully saturated rings. The first-order valence-corrected chi connectivity index (χ1v) is 10.5. The number of hydrogen-bond acceptors (Lipinski definition) is 3. The number of hydrogen-bond donors (Lipinski definition) is 3. The highest BCUT2D eigenvalue weighted by Gasteiger charge is 2.48. The van der Waals surface area contributed by atoms with Gasteiger partial charge in [-0.2, -0.15) is 13.2 Å². The monoisotopic (exact) mass is 483 g/mol. The first kappa shape index (κ1) is 22.5. The fourth-order valence-corrected chi connectivity index (χ4v) is 4.41. The Morgan fingerprint density at radius 2 is 1.69 bits per heavy atom. The number of benzene rings is 3. The summed E-state index contributed by atoms with van der Waals surface area (Å²) in [5, 5.41) is 16.1. The molecule has 4 aromatic rings. The maximum atomic E-state index is 13.7. The van der Waals surface area contributed by atoms with Crippen LogP contribution < -0.4 is 10.6 Å². The highest BCUT2D eigenvalue weighted by molar-refractivity contribution is 6.07. The molecule has 1 saturated heterocycles. The van der Waals surface area contributed by atoms with Crippen LogP contribution >= 0.6 is 0 Å². The molecule has 0 aliphatic carbocycles. The molecule has 3 amide bonds. The Kier molecular flexibility index (Phi) is 5.04. The van der Waals surface area contributed by atoms with Gasteiger partial charge in [-0.3, -0.25) is 10.1 Å². The third kappa shape index (κ3) is 3.76. The quantitative estimate of drug-likeness (QED) is 0.285. The van der Waals surface area contributed by atoms with Gasteiger partial charge in [0.2, 0.25) is 0 Å². The number of carbonyl (C=O) groups is 2. The van der Waals surface area contributed by atoms with E-state index in [1.165, 1.54) is 65.4 Å². The van der Waals surface area contributed by atoms with Crippen molar-refractivity contribution in [1.82, 2.24) is 15.2 Å². The molecule has 178 valence electrons. The highest BCUT2D eigenvalue weighted by Crippen LogP contribution is 2.38. The molecule has 5 rings (SSSR count). The van der Waals surface area contributed by atoms with Crippen LogP contribution in [-0.4, -0.2) is 21.6 Å². The normalized spacial score (nSPS) is 18.1. The Bertz CT molecular complexity index is 1480. The minimum atomic E-state index is -4.55. The highest BCUT2D eigenvalue weighted by atomic mass is 19.4. The van der Waals surface area contributed by atoms with E-state index in [-0.39, 0.29) is 34.5 Å². The number of aromatic hydroxyl groups is 1. The molecule has 0 saturated carbocycles. The average Bonchev–Trinajstić information content (AvgIpc) is 3.28. The van der Waals surface area contributed by atoms with E-state index in [1.54, 1.807) is 0 Å². The number of nitrogens with zero attached hydrogens (tertiary/aromatic N) is 1. The van der Waals surface area contributed by atoms with Gasteiger partial charge in [0.15, 0.2) is 11.4 Å². The van der Waals surface area contributed by atoms with E-state index in [1.807, 2.05) is 0 Å². The molecule has 1 aliphatic heterocycles. The van der Waals surface area contributed by atoms with Crippen LogP contribution in [0.5, 0.6) is 5.88 Å². The van der Waals surface area contributed by atoms with Gasteiger partial charge in [0, 0.05) is 17.0 Å². The van der Waals surface area contributed by atoms with Crippen LogP contribution in [-0.2, 0) is 23.1 Å². The number of aromatic nitrogens is 1. The van der Waals surface area contributed by atoms with Gasteiger partial charge in [-0.15, -0.1) is 0 Å². The Balaban J connectivity index is 1.57. The van der Waals surface area contributed by atoms with E-state index in [0.29, 0.717) is 5.39 Å². The first-order valence-electron chi connectivity index (χ1n) is 10.5. The lowest BCUT2D eigenvalue weighted by Crippen LogP contribution is -2.47. The Hall–Kier alpha value is -4.34. The Morgan fingerprint density at radius 3 is 2.34 bits per heavy atom. The van der Waals surface area contributed by atoms with Gasteiger partial charge in [0.1, 0.15) is 5.82 Å². The third-order valence-electron chi connectivity index (χ3n) is 6.09. The van der Waals surface area contributed by atoms with E-state index in [0.717, 1.165) is 12.1 Å². The molecular formula is C25H17F4N3O3. The summed E-state index contributed by atoms with van der Waals surface area (Å²) in [6, 6.07) is 14.0. The maximum Gasteiger partial charge on any atom is 0.417 e. The average molecular weight is 483 g/mol. The van der Waals surface area contributed by atoms with Crippen LogP contribution in [0.25, 0.3) is 21.9 Å². The lowest BCUT2D eigenvalue weighted by atomic mass is 9.88. The third-order valence-corrected chi connectivity index (χ3v) is 6.09. The summed E-state index contributed by atoms with van der Waals surface area (Å²) >= 11 is 0. The SMILES string of the molecule is O=C1NC(=O)[C@](Cn2cc3ccc(F)cc3c2O)(c2ccc(-c3ccccc3C(F)(F)F)cc2)N1. The van der Waals surface area contributed by atoms with Gasteiger partial charge in [-0.1, -0.05) is 42.5 Å². The number of imide groups is 1. The number of urea groups is 1. The van der Waals surface area contributed by atoms with Crippen molar-refractivity contribution in [3.63, 3.8) is 0 Å². The molecule has 3 aromatic carbocycles. The van der Waals surface area contributed by atoms with Crippen molar-refractivity contribution in [2.75, 3.05) is 0 Å². The zero-order valence-electron chi connectivity index (χ0n) is 17.9. The van der Waals surface area contributed by atoms with Gasteiger partial charge in [0.05, 0.1) is 12.1 Å². The summed E-state index contributed by atoms with van der Waals surface area (Å²) in [6.07, 6.45) is -3.04. The van der Waals surface area contributed by atoms with Gasteiger partial charge in [-0.05, 0) is 41.0 Å². The standard InChI is InChI=1S/C25H17F4N3O3/c26-17-10-7-15-12-32(21(33)19(15)11-17)13-24(22(34)30-23(35)31-24)16-8-5-14(6-9-16)18-3-1-2-4-20(18)25(27,28)29/h1-12,33H,13H2,(H2,30,31,34,35)/t24-/m0/s1. The number of nitrogens with one attached hydrogen (secondary N) is 2. The van der Waals surface area contributed by atoms with Crippen molar-refractivity contribution >= 4 is 22.7 Å². The molecule has 3 N–H and O–H groups in total. The van der Waals surface area contributed by atoms with Crippen LogP contribution in [0.2, 0.25) is 0 Å². The summed E-state index contributed by atoms with van der Waals surface area (Å²) < 4.78 is 55.3. The van der Waals surface area contributed by atoms with E-state index in [9.17, 15) is 32.3 Å². The fourth-order valence-electron chi connectivity index (χ4n) is 4.41. The molecule has 2 heterocycles. The summed E-state index contributed by atoms with van der Waals surface area (Å²) in [5.41, 5.74) is -1.93. The van der Waals surface area contributed by atoms with Crippen molar-refractivity contribution in [1.29, 1.82) is 0 Å². The lowest BCUT2D eigenvalue weighted by Gasteiger charge is -2.27. The fraction of sp³-hybridized carbons (Fsp3) is 0.120. The number of alkyl halides is 3. The maximum absolute atomic E-state index is 13.7. The summed E-state index contributed by atoms with van der Waals surface area (Å²) in [7, 11) is 0. The van der Waals surface area contributed by atoms with Crippen molar-refractivity contribution in [3.05, 3.63) is 89.9 Å². The number of rotatable bonds is 4. The van der Waals surface area contributed by atoms with Crippen LogP contribution in [0.4, 0.5) is 22.4 Å². The first-order chi connectivity index (χ1) is 16.6. The zero-order valence-corrected chi connectivity index (χ0v) is 17.9. The number of carbonyl (C=O) groups excluding carboxylic acids is 2. The molecule has 1 aliphatic rings. The van der Waals surface area contributed by atoms with Crippen LogP contribution in [0.3, 0.4) is 0 Å². The molecule has 0 bridgehead atoms. The van der Waals surface area contributed by atoms with E-state index in [4.69, 9.17) is 0 Å². The van der Waals surface area contributed by atoms with E-state index in [2.05, 4.69) is 10.6 Å². The molecular weight excluding hydrogens is 466 g/mol. The molecule has 0 spiro atoms. The van der Waals surface area contributed by atoms with Gasteiger partial charge in [0.25, 0.3) is 5.91 Å². The second-order valence-electron chi connectivity index (χ2n) is 8.25. The second kappa shape index (κ2) is 7.86. The summed E-state index contributed by atoms with van der Waals surface area (Å²) in [6.45, 7) is -0.245. The largest absolute Gasteiger partial charge is 0.494 e. The van der Waals surface area contributed by atoms with Crippen LogP contribution in [0, 0.1) is 5.82 Å². The van der Waals surface area contributed by atoms with E-state index >= 15 is 0 Å². The van der Waals surface area contributed by atoms with Crippen LogP contribution in [0.15, 0.2) is 72.9 Å². The molecule has 0 radical (unpaired) electrons. The van der Waals surface area contributed by atoms with E-state index < -0.39 is 35.0 Å². The minimum absolute atomic E-state index is 0.0307. The lowest BCUT2D eigenvalue weighted by molar-refractivity contribution is -0.137. The van der Waals surface area contributed by atoms with Crippen LogP contribution in [0.1, 0.15) is 11.1 Å². The van der Waals surface area contributed by atoms with Gasteiger partial charge < -0.3 is 15.0 Å². The predicted octanol–water partition coefficient (Wildman–Crippen LogP) is 4.91. The molecule has 6 nitrogen and oxygen atoms in total. The summed E-state index contributed by atoms with van der Waals surface area (Å²) in [4.78, 5) is 25.0. The van der Waals surface area contributed by atoms with Crippen molar-refractivity contribution in [2.45, 2.75) is 18.3 Å². The molecule has 35 heavy (non-hydrogen) atoms. The molecule has 0 unspecified atom stereocenters. The molecule has 10 heteroatoms. The number of fused-ring (bicyclic) bond motifs is 1. The Morgan fingerprint density at radius 1 is 0.971 bits per heavy atom. The smallest absolute Gasteiger partial charge is 0.417 e.